The normalized spacial score (nSPS) is 19.9. The number of pyridine rings is 1. The van der Waals surface area contributed by atoms with Crippen molar-refractivity contribution in [1.82, 2.24) is 9.97 Å². The molecular weight excluding hydrogens is 357 g/mol. The fraction of sp³-hybridized carbons (Fsp3) is 0.474. The van der Waals surface area contributed by atoms with Gasteiger partial charge in [0, 0.05) is 6.42 Å². The lowest BCUT2D eigenvalue weighted by Gasteiger charge is -2.28. The minimum Gasteiger partial charge on any atom is -0.448 e. The number of carbonyl (C=O) groups excluding carboxylic acids is 1. The van der Waals surface area contributed by atoms with Crippen molar-refractivity contribution in [3.8, 4) is 0 Å². The van der Waals surface area contributed by atoms with Crippen molar-refractivity contribution in [1.29, 1.82) is 0 Å². The van der Waals surface area contributed by atoms with Crippen LogP contribution in [0.15, 0.2) is 16.9 Å². The van der Waals surface area contributed by atoms with Gasteiger partial charge in [-0.25, -0.2) is 19.2 Å². The predicted octanol–water partition coefficient (Wildman–Crippen LogP) is 5.34. The minimum absolute atomic E-state index is 0.00402. The molecule has 2 atom stereocenters. The highest BCUT2D eigenvalue weighted by Gasteiger charge is 2.27. The standard InChI is InChI=1S/C19H19ClFN3O2/c1-11-18(23-10-26-11)17(25)8-13-5-3-4-12(6-13)7-15-14(21)9-16(22-2)19(20)24-15/h9-10,12-13H,3-8H2,1H3/t12-,13+/m1/s1. The fourth-order valence-electron chi connectivity index (χ4n) is 3.69. The van der Waals surface area contributed by atoms with Crippen molar-refractivity contribution in [2.45, 2.75) is 45.4 Å². The molecule has 136 valence electrons. The number of carbonyl (C=O) groups is 1. The molecule has 2 aromatic heterocycles. The number of halogens is 2. The smallest absolute Gasteiger partial charge is 0.226 e. The van der Waals surface area contributed by atoms with Crippen molar-refractivity contribution in [3.05, 3.63) is 52.0 Å². The number of aryl methyl sites for hydroxylation is 1. The van der Waals surface area contributed by atoms with E-state index in [1.54, 1.807) is 6.92 Å². The van der Waals surface area contributed by atoms with E-state index in [1.165, 1.54) is 6.39 Å². The fourth-order valence-corrected chi connectivity index (χ4v) is 3.89. The first kappa shape index (κ1) is 18.5. The molecule has 26 heavy (non-hydrogen) atoms. The third kappa shape index (κ3) is 4.10. The molecule has 0 bridgehead atoms. The van der Waals surface area contributed by atoms with Crippen LogP contribution in [0.2, 0.25) is 5.15 Å². The summed E-state index contributed by atoms with van der Waals surface area (Å²) in [6.07, 6.45) is 5.97. The van der Waals surface area contributed by atoms with Gasteiger partial charge in [-0.2, -0.15) is 0 Å². The Hall–Kier alpha value is -2.26. The Kier molecular flexibility index (Phi) is 5.67. The molecule has 3 rings (SSSR count). The maximum absolute atomic E-state index is 14.2. The monoisotopic (exact) mass is 375 g/mol. The quantitative estimate of drug-likeness (QED) is 0.402. The van der Waals surface area contributed by atoms with Crippen LogP contribution in [-0.2, 0) is 6.42 Å². The molecule has 0 saturated heterocycles. The molecule has 0 aromatic carbocycles. The number of nitrogens with zero attached hydrogens (tertiary/aromatic N) is 3. The summed E-state index contributed by atoms with van der Waals surface area (Å²) >= 11 is 5.94. The van der Waals surface area contributed by atoms with Crippen molar-refractivity contribution in [2.24, 2.45) is 11.8 Å². The summed E-state index contributed by atoms with van der Waals surface area (Å²) in [6.45, 7) is 8.69. The van der Waals surface area contributed by atoms with E-state index >= 15 is 0 Å². The summed E-state index contributed by atoms with van der Waals surface area (Å²) in [4.78, 5) is 23.6. The van der Waals surface area contributed by atoms with E-state index in [4.69, 9.17) is 22.6 Å². The first-order chi connectivity index (χ1) is 12.5. The lowest BCUT2D eigenvalue weighted by Crippen LogP contribution is -2.21. The van der Waals surface area contributed by atoms with Gasteiger partial charge < -0.3 is 4.42 Å². The molecule has 7 heteroatoms. The summed E-state index contributed by atoms with van der Waals surface area (Å²) in [5, 5.41) is 0.0421. The number of aromatic nitrogens is 2. The Morgan fingerprint density at radius 1 is 1.46 bits per heavy atom. The largest absolute Gasteiger partial charge is 0.448 e. The molecule has 0 N–H and O–H groups in total. The lowest BCUT2D eigenvalue weighted by atomic mass is 9.77. The van der Waals surface area contributed by atoms with E-state index < -0.39 is 5.82 Å². The zero-order valence-electron chi connectivity index (χ0n) is 14.5. The van der Waals surface area contributed by atoms with E-state index in [-0.39, 0.29) is 28.5 Å². The van der Waals surface area contributed by atoms with Crippen LogP contribution in [0.25, 0.3) is 4.85 Å². The molecule has 0 radical (unpaired) electrons. The Labute approximate surface area is 156 Å². The maximum Gasteiger partial charge on any atom is 0.226 e. The van der Waals surface area contributed by atoms with Crippen molar-refractivity contribution >= 4 is 23.1 Å². The van der Waals surface area contributed by atoms with Gasteiger partial charge in [-0.1, -0.05) is 24.4 Å². The van der Waals surface area contributed by atoms with Gasteiger partial charge in [0.1, 0.15) is 22.4 Å². The van der Waals surface area contributed by atoms with Gasteiger partial charge in [0.25, 0.3) is 0 Å². The van der Waals surface area contributed by atoms with Crippen LogP contribution in [0.4, 0.5) is 10.1 Å². The van der Waals surface area contributed by atoms with Crippen molar-refractivity contribution in [3.63, 3.8) is 0 Å². The molecule has 1 saturated carbocycles. The zero-order chi connectivity index (χ0) is 18.7. The van der Waals surface area contributed by atoms with Crippen LogP contribution < -0.4 is 0 Å². The topological polar surface area (TPSA) is 60.4 Å². The van der Waals surface area contributed by atoms with Crippen LogP contribution in [0.5, 0.6) is 0 Å². The molecule has 2 aromatic rings. The highest BCUT2D eigenvalue weighted by atomic mass is 35.5. The number of rotatable bonds is 5. The molecule has 0 aliphatic heterocycles. The SMILES string of the molecule is [C-]#[N+]c1cc(F)c(C[C@@H]2CCC[C@H](CC(=O)c3ncoc3C)C2)nc1Cl. The Morgan fingerprint density at radius 2 is 2.23 bits per heavy atom. The van der Waals surface area contributed by atoms with Crippen molar-refractivity contribution < 1.29 is 13.6 Å². The van der Waals surface area contributed by atoms with E-state index in [9.17, 15) is 9.18 Å². The number of ketones is 1. The summed E-state index contributed by atoms with van der Waals surface area (Å²) in [5.41, 5.74) is 0.732. The van der Waals surface area contributed by atoms with Crippen molar-refractivity contribution in [2.75, 3.05) is 0 Å². The second kappa shape index (κ2) is 7.96. The lowest BCUT2D eigenvalue weighted by molar-refractivity contribution is 0.0934. The van der Waals surface area contributed by atoms with Gasteiger partial charge in [-0.05, 0) is 44.1 Å². The number of oxazole rings is 1. The number of hydrogen-bond donors (Lipinski definition) is 0. The van der Waals surface area contributed by atoms with E-state index in [2.05, 4.69) is 14.8 Å². The third-order valence-electron chi connectivity index (χ3n) is 4.96. The molecule has 5 nitrogen and oxygen atoms in total. The first-order valence-electron chi connectivity index (χ1n) is 8.63. The Bertz CT molecular complexity index is 859. The van der Waals surface area contributed by atoms with Gasteiger partial charge in [0.05, 0.1) is 12.3 Å². The van der Waals surface area contributed by atoms with Crippen LogP contribution in [0.3, 0.4) is 0 Å². The van der Waals surface area contributed by atoms with Crippen LogP contribution in [-0.4, -0.2) is 15.8 Å². The molecule has 1 aliphatic rings. The van der Waals surface area contributed by atoms with Gasteiger partial charge in [-0.15, -0.1) is 0 Å². The third-order valence-corrected chi connectivity index (χ3v) is 5.24. The number of hydrogen-bond acceptors (Lipinski definition) is 4. The molecule has 2 heterocycles. The molecular formula is C19H19ClFN3O2. The Balaban J connectivity index is 1.64. The summed E-state index contributed by atoms with van der Waals surface area (Å²) < 4.78 is 19.3. The van der Waals surface area contributed by atoms with Crippen LogP contribution in [0.1, 0.15) is 54.0 Å². The molecule has 1 fully saturated rings. The molecule has 0 spiro atoms. The molecule has 0 amide bonds. The van der Waals surface area contributed by atoms with E-state index in [0.717, 1.165) is 31.7 Å². The van der Waals surface area contributed by atoms with Gasteiger partial charge in [0.15, 0.2) is 12.2 Å². The van der Waals surface area contributed by atoms with Crippen LogP contribution >= 0.6 is 11.6 Å². The average Bonchev–Trinajstić information content (AvgIpc) is 3.04. The molecule has 0 unspecified atom stereocenters. The summed E-state index contributed by atoms with van der Waals surface area (Å²) in [7, 11) is 0. The van der Waals surface area contributed by atoms with Crippen LogP contribution in [0, 0.1) is 31.1 Å². The van der Waals surface area contributed by atoms with Gasteiger partial charge >= 0.3 is 0 Å². The summed E-state index contributed by atoms with van der Waals surface area (Å²) in [6, 6.07) is 1.15. The number of Topliss-reactive ketones (excluding diaryl/α,β-unsaturated/α-hetero) is 1. The van der Waals surface area contributed by atoms with Gasteiger partial charge in [-0.3, -0.25) is 4.79 Å². The average molecular weight is 376 g/mol. The van der Waals surface area contributed by atoms with E-state index in [1.807, 2.05) is 0 Å². The first-order valence-corrected chi connectivity index (χ1v) is 9.01. The molecule has 1 aliphatic carbocycles. The highest BCUT2D eigenvalue weighted by Crippen LogP contribution is 2.35. The van der Waals surface area contributed by atoms with E-state index in [0.29, 0.717) is 30.0 Å². The zero-order valence-corrected chi connectivity index (χ0v) is 15.2. The second-order valence-corrected chi connectivity index (χ2v) is 7.18. The minimum atomic E-state index is -0.489. The highest BCUT2D eigenvalue weighted by molar-refractivity contribution is 6.32. The maximum atomic E-state index is 14.2. The van der Waals surface area contributed by atoms with Gasteiger partial charge in [0.2, 0.25) is 5.69 Å². The summed E-state index contributed by atoms with van der Waals surface area (Å²) in [5.74, 6) is 0.547. The predicted molar refractivity (Wildman–Crippen MR) is 94.8 cm³/mol. The Morgan fingerprint density at radius 3 is 2.92 bits per heavy atom. The second-order valence-electron chi connectivity index (χ2n) is 6.83.